The van der Waals surface area contributed by atoms with Gasteiger partial charge in [0.05, 0.1) is 6.04 Å². The highest BCUT2D eigenvalue weighted by molar-refractivity contribution is 5.98. The monoisotopic (exact) mass is 261 g/mol. The Morgan fingerprint density at radius 3 is 2.58 bits per heavy atom. The van der Waals surface area contributed by atoms with Gasteiger partial charge in [-0.1, -0.05) is 30.3 Å². The molecule has 0 saturated carbocycles. The molecule has 1 heterocycles. The highest BCUT2D eigenvalue weighted by Crippen LogP contribution is 2.13. The number of benzene rings is 1. The average Bonchev–Trinajstić information content (AvgIpc) is 2.85. The Bertz CT molecular complexity index is 461. The Morgan fingerprint density at radius 2 is 2.00 bits per heavy atom. The van der Waals surface area contributed by atoms with E-state index in [4.69, 9.17) is 0 Å². The fraction of sp³-hybridized carbons (Fsp3) is 0.429. The summed E-state index contributed by atoms with van der Waals surface area (Å²) < 4.78 is 0. The topological polar surface area (TPSA) is 61.4 Å². The molecule has 0 aliphatic carbocycles. The third kappa shape index (κ3) is 3.12. The Hall–Kier alpha value is -1.88. The SMILES string of the molecule is C[C@H](N[C@H](C)c1ccccc1)C(=O)N1CCNC1=O. The fourth-order valence-electron chi connectivity index (χ4n) is 2.20. The van der Waals surface area contributed by atoms with E-state index in [-0.39, 0.29) is 24.0 Å². The van der Waals surface area contributed by atoms with E-state index < -0.39 is 0 Å². The minimum Gasteiger partial charge on any atom is -0.336 e. The molecule has 1 aliphatic rings. The molecule has 1 fully saturated rings. The first-order valence-corrected chi connectivity index (χ1v) is 6.50. The minimum atomic E-state index is -0.390. The van der Waals surface area contributed by atoms with Gasteiger partial charge in [-0.05, 0) is 19.4 Å². The minimum absolute atomic E-state index is 0.0609. The number of nitrogens with zero attached hydrogens (tertiary/aromatic N) is 1. The van der Waals surface area contributed by atoms with Crippen LogP contribution in [0.5, 0.6) is 0 Å². The quantitative estimate of drug-likeness (QED) is 0.858. The second-order valence-corrected chi connectivity index (χ2v) is 4.74. The zero-order valence-corrected chi connectivity index (χ0v) is 11.2. The lowest BCUT2D eigenvalue weighted by atomic mass is 10.1. The molecule has 102 valence electrons. The van der Waals surface area contributed by atoms with Crippen LogP contribution in [0.15, 0.2) is 30.3 Å². The van der Waals surface area contributed by atoms with E-state index in [1.165, 1.54) is 4.90 Å². The van der Waals surface area contributed by atoms with Crippen LogP contribution in [-0.4, -0.2) is 36.0 Å². The Morgan fingerprint density at radius 1 is 1.32 bits per heavy atom. The Labute approximate surface area is 113 Å². The summed E-state index contributed by atoms with van der Waals surface area (Å²) in [7, 11) is 0. The molecule has 0 unspecified atom stereocenters. The first-order valence-electron chi connectivity index (χ1n) is 6.50. The van der Waals surface area contributed by atoms with Crippen LogP contribution in [-0.2, 0) is 4.79 Å². The molecule has 0 radical (unpaired) electrons. The molecule has 1 aromatic carbocycles. The number of hydrogen-bond donors (Lipinski definition) is 2. The number of imide groups is 1. The van der Waals surface area contributed by atoms with Crippen LogP contribution < -0.4 is 10.6 Å². The maximum atomic E-state index is 12.1. The van der Waals surface area contributed by atoms with E-state index in [1.54, 1.807) is 6.92 Å². The van der Waals surface area contributed by atoms with E-state index in [9.17, 15) is 9.59 Å². The van der Waals surface area contributed by atoms with E-state index >= 15 is 0 Å². The summed E-state index contributed by atoms with van der Waals surface area (Å²) in [6.45, 7) is 4.77. The van der Waals surface area contributed by atoms with Crippen molar-refractivity contribution in [1.29, 1.82) is 0 Å². The number of rotatable bonds is 4. The molecule has 1 aromatic rings. The molecular formula is C14H19N3O2. The van der Waals surface area contributed by atoms with Crippen molar-refractivity contribution in [3.05, 3.63) is 35.9 Å². The third-order valence-corrected chi connectivity index (χ3v) is 3.29. The van der Waals surface area contributed by atoms with Crippen molar-refractivity contribution in [3.8, 4) is 0 Å². The van der Waals surface area contributed by atoms with E-state index in [2.05, 4.69) is 10.6 Å². The fourth-order valence-corrected chi connectivity index (χ4v) is 2.20. The molecule has 2 atom stereocenters. The van der Waals surface area contributed by atoms with Gasteiger partial charge in [0.1, 0.15) is 0 Å². The zero-order valence-electron chi connectivity index (χ0n) is 11.2. The molecule has 0 aromatic heterocycles. The van der Waals surface area contributed by atoms with Crippen LogP contribution in [0.3, 0.4) is 0 Å². The van der Waals surface area contributed by atoms with Gasteiger partial charge in [-0.15, -0.1) is 0 Å². The van der Waals surface area contributed by atoms with Gasteiger partial charge in [-0.3, -0.25) is 15.0 Å². The molecule has 1 saturated heterocycles. The summed E-state index contributed by atoms with van der Waals surface area (Å²) in [6, 6.07) is 9.28. The molecule has 5 nitrogen and oxygen atoms in total. The molecule has 0 spiro atoms. The third-order valence-electron chi connectivity index (χ3n) is 3.29. The highest BCUT2D eigenvalue weighted by atomic mass is 16.2. The van der Waals surface area contributed by atoms with E-state index in [0.29, 0.717) is 13.1 Å². The van der Waals surface area contributed by atoms with Crippen molar-refractivity contribution in [3.63, 3.8) is 0 Å². The van der Waals surface area contributed by atoms with Crippen LogP contribution in [0.2, 0.25) is 0 Å². The first-order chi connectivity index (χ1) is 9.09. The Balaban J connectivity index is 1.95. The van der Waals surface area contributed by atoms with Gasteiger partial charge in [0.2, 0.25) is 5.91 Å². The van der Waals surface area contributed by atoms with Crippen LogP contribution >= 0.6 is 0 Å². The molecule has 19 heavy (non-hydrogen) atoms. The summed E-state index contributed by atoms with van der Waals surface area (Å²) in [5, 5.41) is 5.85. The van der Waals surface area contributed by atoms with Gasteiger partial charge in [-0.25, -0.2) is 4.79 Å². The maximum Gasteiger partial charge on any atom is 0.324 e. The van der Waals surface area contributed by atoms with Crippen molar-refractivity contribution in [2.75, 3.05) is 13.1 Å². The number of nitrogens with one attached hydrogen (secondary N) is 2. The summed E-state index contributed by atoms with van der Waals surface area (Å²) in [4.78, 5) is 24.8. The van der Waals surface area contributed by atoms with Gasteiger partial charge in [0.15, 0.2) is 0 Å². The van der Waals surface area contributed by atoms with Crippen LogP contribution in [0.1, 0.15) is 25.5 Å². The van der Waals surface area contributed by atoms with Crippen molar-refractivity contribution >= 4 is 11.9 Å². The second-order valence-electron chi connectivity index (χ2n) is 4.74. The van der Waals surface area contributed by atoms with Crippen LogP contribution in [0.25, 0.3) is 0 Å². The summed E-state index contributed by atoms with van der Waals surface area (Å²) in [5.74, 6) is -0.183. The van der Waals surface area contributed by atoms with E-state index in [0.717, 1.165) is 5.56 Å². The largest absolute Gasteiger partial charge is 0.336 e. The van der Waals surface area contributed by atoms with Gasteiger partial charge >= 0.3 is 6.03 Å². The second kappa shape index (κ2) is 5.84. The predicted molar refractivity (Wildman–Crippen MR) is 72.6 cm³/mol. The number of urea groups is 1. The smallest absolute Gasteiger partial charge is 0.324 e. The molecule has 0 bridgehead atoms. The normalized spacial score (nSPS) is 18.0. The standard InChI is InChI=1S/C14H19N3O2/c1-10(12-6-4-3-5-7-12)16-11(2)13(18)17-9-8-15-14(17)19/h3-7,10-11,16H,8-9H2,1-2H3,(H,15,19)/t10-,11+/m1/s1. The van der Waals surface area contributed by atoms with Crippen molar-refractivity contribution in [1.82, 2.24) is 15.5 Å². The molecule has 3 amide bonds. The van der Waals surface area contributed by atoms with E-state index in [1.807, 2.05) is 37.3 Å². The number of carbonyl (C=O) groups is 2. The Kier molecular flexibility index (Phi) is 4.16. The van der Waals surface area contributed by atoms with Gasteiger partial charge < -0.3 is 5.32 Å². The molecule has 1 aliphatic heterocycles. The lowest BCUT2D eigenvalue weighted by Crippen LogP contribution is -2.46. The molecule has 2 N–H and O–H groups in total. The lowest BCUT2D eigenvalue weighted by molar-refractivity contribution is -0.129. The van der Waals surface area contributed by atoms with Crippen molar-refractivity contribution in [2.24, 2.45) is 0 Å². The summed E-state index contributed by atoms with van der Waals surface area (Å²) >= 11 is 0. The summed E-state index contributed by atoms with van der Waals surface area (Å²) in [5.41, 5.74) is 1.12. The highest BCUT2D eigenvalue weighted by Gasteiger charge is 2.30. The number of hydrogen-bond acceptors (Lipinski definition) is 3. The summed E-state index contributed by atoms with van der Waals surface area (Å²) in [6.07, 6.45) is 0. The predicted octanol–water partition coefficient (Wildman–Crippen LogP) is 1.28. The number of amides is 3. The van der Waals surface area contributed by atoms with Crippen molar-refractivity contribution < 1.29 is 9.59 Å². The van der Waals surface area contributed by atoms with Gasteiger partial charge in [-0.2, -0.15) is 0 Å². The molecule has 5 heteroatoms. The van der Waals surface area contributed by atoms with Crippen LogP contribution in [0, 0.1) is 0 Å². The first kappa shape index (κ1) is 13.5. The van der Waals surface area contributed by atoms with Crippen molar-refractivity contribution in [2.45, 2.75) is 25.9 Å². The molecular weight excluding hydrogens is 242 g/mol. The average molecular weight is 261 g/mol. The van der Waals surface area contributed by atoms with Gasteiger partial charge in [0.25, 0.3) is 0 Å². The van der Waals surface area contributed by atoms with Gasteiger partial charge in [0, 0.05) is 19.1 Å². The molecule has 2 rings (SSSR count). The zero-order chi connectivity index (χ0) is 13.8. The number of carbonyl (C=O) groups excluding carboxylic acids is 2. The van der Waals surface area contributed by atoms with Crippen LogP contribution in [0.4, 0.5) is 4.79 Å². The lowest BCUT2D eigenvalue weighted by Gasteiger charge is -2.22. The maximum absolute atomic E-state index is 12.1.